The van der Waals surface area contributed by atoms with E-state index in [1.165, 1.54) is 0 Å². The first-order valence-electron chi connectivity index (χ1n) is 4.03. The van der Waals surface area contributed by atoms with Crippen LogP contribution < -0.4 is 5.73 Å². The van der Waals surface area contributed by atoms with E-state index in [1.54, 1.807) is 6.07 Å². The fourth-order valence-electron chi connectivity index (χ4n) is 1.27. The van der Waals surface area contributed by atoms with Gasteiger partial charge in [0.2, 0.25) is 0 Å². The summed E-state index contributed by atoms with van der Waals surface area (Å²) >= 11 is 2.01. The molecule has 0 atom stereocenters. The third kappa shape index (κ3) is 1.57. The number of carbonyl (C=O) groups excluding carboxylic acids is 1. The monoisotopic (exact) mass is 298 g/mol. The molecule has 0 spiro atoms. The Morgan fingerprint density at radius 1 is 1.36 bits per heavy atom. The van der Waals surface area contributed by atoms with Crippen LogP contribution in [0.3, 0.4) is 0 Å². The number of hydrogen-bond donors (Lipinski definition) is 1. The second-order valence-electron chi connectivity index (χ2n) is 2.88. The summed E-state index contributed by atoms with van der Waals surface area (Å²) in [7, 11) is 0. The number of nitrogens with zero attached hydrogens (tertiary/aromatic N) is 1. The highest BCUT2D eigenvalue weighted by atomic mass is 127. The summed E-state index contributed by atoms with van der Waals surface area (Å²) in [6, 6.07) is 9.40. The molecule has 2 aromatic rings. The van der Waals surface area contributed by atoms with Crippen molar-refractivity contribution in [2.45, 2.75) is 0 Å². The van der Waals surface area contributed by atoms with Crippen LogP contribution in [-0.4, -0.2) is 10.9 Å². The number of benzene rings is 1. The minimum absolute atomic E-state index is 0.437. The van der Waals surface area contributed by atoms with Crippen molar-refractivity contribution in [2.75, 3.05) is 0 Å². The Balaban J connectivity index is 2.77. The molecular weight excluding hydrogens is 291 g/mol. The predicted molar refractivity (Wildman–Crippen MR) is 63.0 cm³/mol. The standard InChI is InChI=1S/C10H7IN2O/c11-9-7(10(12)14)5-6-3-1-2-4-8(6)13-9/h1-5H,(H2,12,14). The van der Waals surface area contributed by atoms with Crippen LogP contribution in [0.15, 0.2) is 30.3 Å². The first-order chi connectivity index (χ1) is 6.68. The SMILES string of the molecule is NC(=O)c1cc2ccccc2nc1I. The zero-order valence-corrected chi connectivity index (χ0v) is 9.36. The number of pyridine rings is 1. The molecule has 0 aliphatic heterocycles. The van der Waals surface area contributed by atoms with Gasteiger partial charge in [-0.3, -0.25) is 4.79 Å². The van der Waals surface area contributed by atoms with Gasteiger partial charge in [-0.25, -0.2) is 4.98 Å². The Morgan fingerprint density at radius 2 is 2.07 bits per heavy atom. The fourth-order valence-corrected chi connectivity index (χ4v) is 1.95. The Morgan fingerprint density at radius 3 is 2.79 bits per heavy atom. The van der Waals surface area contributed by atoms with E-state index in [2.05, 4.69) is 4.98 Å². The van der Waals surface area contributed by atoms with Crippen molar-refractivity contribution in [3.8, 4) is 0 Å². The molecule has 2 N–H and O–H groups in total. The van der Waals surface area contributed by atoms with E-state index in [-0.39, 0.29) is 0 Å². The second-order valence-corrected chi connectivity index (χ2v) is 3.91. The van der Waals surface area contributed by atoms with E-state index in [4.69, 9.17) is 5.73 Å². The highest BCUT2D eigenvalue weighted by Crippen LogP contribution is 2.17. The molecule has 1 aromatic heterocycles. The lowest BCUT2D eigenvalue weighted by molar-refractivity contribution is 0.0999. The molecule has 0 saturated carbocycles. The summed E-state index contributed by atoms with van der Waals surface area (Å²) < 4.78 is 0.647. The van der Waals surface area contributed by atoms with Crippen molar-refractivity contribution in [1.82, 2.24) is 4.98 Å². The summed E-state index contributed by atoms with van der Waals surface area (Å²) in [5, 5.41) is 0.932. The molecular formula is C10H7IN2O. The lowest BCUT2D eigenvalue weighted by Crippen LogP contribution is -2.13. The maximum Gasteiger partial charge on any atom is 0.251 e. The number of carbonyl (C=O) groups is 1. The first kappa shape index (κ1) is 9.39. The summed E-state index contributed by atoms with van der Waals surface area (Å²) in [4.78, 5) is 15.3. The number of para-hydroxylation sites is 1. The van der Waals surface area contributed by atoms with Crippen molar-refractivity contribution in [1.29, 1.82) is 0 Å². The Bertz CT molecular complexity index is 510. The minimum atomic E-state index is -0.437. The van der Waals surface area contributed by atoms with Crippen molar-refractivity contribution >= 4 is 39.4 Å². The molecule has 14 heavy (non-hydrogen) atoms. The molecule has 0 bridgehead atoms. The molecule has 1 aromatic carbocycles. The Labute approximate surface area is 94.5 Å². The Hall–Kier alpha value is -1.17. The summed E-state index contributed by atoms with van der Waals surface area (Å²) in [6.07, 6.45) is 0. The van der Waals surface area contributed by atoms with Gasteiger partial charge >= 0.3 is 0 Å². The molecule has 1 heterocycles. The molecule has 3 nitrogen and oxygen atoms in total. The van der Waals surface area contributed by atoms with Crippen molar-refractivity contribution in [3.63, 3.8) is 0 Å². The number of rotatable bonds is 1. The summed E-state index contributed by atoms with van der Waals surface area (Å²) in [5.74, 6) is -0.437. The van der Waals surface area contributed by atoms with E-state index in [0.29, 0.717) is 9.26 Å². The number of amides is 1. The second kappa shape index (κ2) is 3.53. The third-order valence-electron chi connectivity index (χ3n) is 1.94. The fraction of sp³-hybridized carbons (Fsp3) is 0. The van der Waals surface area contributed by atoms with Gasteiger partial charge in [0.15, 0.2) is 0 Å². The molecule has 0 aliphatic carbocycles. The van der Waals surface area contributed by atoms with E-state index < -0.39 is 5.91 Å². The topological polar surface area (TPSA) is 56.0 Å². The van der Waals surface area contributed by atoms with E-state index in [0.717, 1.165) is 10.9 Å². The van der Waals surface area contributed by atoms with Crippen LogP contribution in [0.2, 0.25) is 0 Å². The van der Waals surface area contributed by atoms with Crippen LogP contribution in [0.25, 0.3) is 10.9 Å². The van der Waals surface area contributed by atoms with E-state index in [1.807, 2.05) is 46.9 Å². The van der Waals surface area contributed by atoms with Crippen LogP contribution in [0.4, 0.5) is 0 Å². The molecule has 70 valence electrons. The van der Waals surface area contributed by atoms with Crippen molar-refractivity contribution in [3.05, 3.63) is 39.6 Å². The smallest absolute Gasteiger partial charge is 0.251 e. The Kier molecular flexibility index (Phi) is 2.37. The molecule has 0 radical (unpaired) electrons. The third-order valence-corrected chi connectivity index (χ3v) is 2.77. The van der Waals surface area contributed by atoms with Gasteiger partial charge in [0.25, 0.3) is 5.91 Å². The number of aromatic nitrogens is 1. The molecule has 0 aliphatic rings. The minimum Gasteiger partial charge on any atom is -0.366 e. The van der Waals surface area contributed by atoms with E-state index >= 15 is 0 Å². The van der Waals surface area contributed by atoms with Gasteiger partial charge in [-0.1, -0.05) is 18.2 Å². The van der Waals surface area contributed by atoms with Crippen LogP contribution in [-0.2, 0) is 0 Å². The maximum absolute atomic E-state index is 11.0. The van der Waals surface area contributed by atoms with Gasteiger partial charge in [-0.15, -0.1) is 0 Å². The average Bonchev–Trinajstić information content (AvgIpc) is 2.16. The quantitative estimate of drug-likeness (QED) is 0.646. The van der Waals surface area contributed by atoms with Gasteiger partial charge in [-0.2, -0.15) is 0 Å². The van der Waals surface area contributed by atoms with Crippen molar-refractivity contribution < 1.29 is 4.79 Å². The molecule has 0 unspecified atom stereocenters. The van der Waals surface area contributed by atoms with Gasteiger partial charge < -0.3 is 5.73 Å². The zero-order valence-electron chi connectivity index (χ0n) is 7.20. The highest BCUT2D eigenvalue weighted by molar-refractivity contribution is 14.1. The summed E-state index contributed by atoms with van der Waals surface area (Å²) in [5.41, 5.74) is 6.57. The highest BCUT2D eigenvalue weighted by Gasteiger charge is 2.08. The molecule has 0 saturated heterocycles. The van der Waals surface area contributed by atoms with Gasteiger partial charge in [0, 0.05) is 5.39 Å². The van der Waals surface area contributed by atoms with Crippen LogP contribution in [0.1, 0.15) is 10.4 Å². The molecule has 1 amide bonds. The number of primary amides is 1. The van der Waals surface area contributed by atoms with Crippen LogP contribution >= 0.6 is 22.6 Å². The molecule has 0 fully saturated rings. The maximum atomic E-state index is 11.0. The lowest BCUT2D eigenvalue weighted by atomic mass is 10.1. The number of halogens is 1. The van der Waals surface area contributed by atoms with Crippen molar-refractivity contribution in [2.24, 2.45) is 5.73 Å². The average molecular weight is 298 g/mol. The predicted octanol–water partition coefficient (Wildman–Crippen LogP) is 1.94. The van der Waals surface area contributed by atoms with Gasteiger partial charge in [0.1, 0.15) is 3.70 Å². The molecule has 4 heteroatoms. The van der Waals surface area contributed by atoms with Gasteiger partial charge in [0.05, 0.1) is 11.1 Å². The number of fused-ring (bicyclic) bond motifs is 1. The molecule has 2 rings (SSSR count). The number of hydrogen-bond acceptors (Lipinski definition) is 2. The van der Waals surface area contributed by atoms with Crippen LogP contribution in [0, 0.1) is 3.70 Å². The summed E-state index contributed by atoms with van der Waals surface area (Å²) in [6.45, 7) is 0. The van der Waals surface area contributed by atoms with E-state index in [9.17, 15) is 4.79 Å². The lowest BCUT2D eigenvalue weighted by Gasteiger charge is -2.02. The zero-order chi connectivity index (χ0) is 10.1. The van der Waals surface area contributed by atoms with Crippen LogP contribution in [0.5, 0.6) is 0 Å². The normalized spacial score (nSPS) is 10.4. The first-order valence-corrected chi connectivity index (χ1v) is 5.11. The largest absolute Gasteiger partial charge is 0.366 e. The van der Waals surface area contributed by atoms with Gasteiger partial charge in [-0.05, 0) is 34.7 Å². The number of nitrogens with two attached hydrogens (primary N) is 1.